The van der Waals surface area contributed by atoms with Gasteiger partial charge in [-0.15, -0.1) is 0 Å². The lowest BCUT2D eigenvalue weighted by Gasteiger charge is -2.60. The first-order chi connectivity index (χ1) is 11.0. The molecule has 0 aliphatic carbocycles. The van der Waals surface area contributed by atoms with Crippen molar-refractivity contribution in [1.29, 1.82) is 0 Å². The molecule has 0 saturated carbocycles. The Labute approximate surface area is 156 Å². The van der Waals surface area contributed by atoms with E-state index < -0.39 is 16.6 Å². The van der Waals surface area contributed by atoms with E-state index in [4.69, 9.17) is 4.43 Å². The van der Waals surface area contributed by atoms with Crippen molar-refractivity contribution in [3.05, 3.63) is 0 Å². The smallest absolute Gasteiger partial charge is 0.222 e. The minimum atomic E-state index is -1.99. The van der Waals surface area contributed by atoms with Gasteiger partial charge in [-0.1, -0.05) is 54.6 Å². The number of aldehydes is 1. The highest BCUT2D eigenvalue weighted by Gasteiger charge is 2.59. The van der Waals surface area contributed by atoms with Gasteiger partial charge in [0, 0.05) is 12.5 Å². The molecule has 6 heteroatoms. The Morgan fingerprint density at radius 3 is 1.92 bits per heavy atom. The number of amides is 1. The third kappa shape index (κ3) is 4.11. The Hall–Kier alpha value is -0.466. The molecule has 0 unspecified atom stereocenters. The Bertz CT molecular complexity index is 518. The average molecular weight is 386 g/mol. The predicted octanol–water partition coefficient (Wildman–Crippen LogP) is 4.82. The summed E-state index contributed by atoms with van der Waals surface area (Å²) < 4.78 is 8.56. The lowest BCUT2D eigenvalue weighted by molar-refractivity contribution is -0.154. The molecule has 3 atom stereocenters. The van der Waals surface area contributed by atoms with Crippen LogP contribution in [0.5, 0.6) is 0 Å². The summed E-state index contributed by atoms with van der Waals surface area (Å²) in [5.41, 5.74) is 0. The van der Waals surface area contributed by atoms with Crippen molar-refractivity contribution in [2.75, 3.05) is 0 Å². The molecule has 1 aliphatic heterocycles. The summed E-state index contributed by atoms with van der Waals surface area (Å²) in [7, 11) is -3.93. The second-order valence-electron chi connectivity index (χ2n) is 10.6. The van der Waals surface area contributed by atoms with Gasteiger partial charge in [0.15, 0.2) is 16.6 Å². The summed E-state index contributed by atoms with van der Waals surface area (Å²) in [6.07, 6.45) is 1.23. The lowest BCUT2D eigenvalue weighted by atomic mass is 9.84. The van der Waals surface area contributed by atoms with E-state index in [2.05, 4.69) is 72.3 Å². The van der Waals surface area contributed by atoms with Crippen molar-refractivity contribution in [3.63, 3.8) is 0 Å². The minimum absolute atomic E-state index is 0.00865. The SMILES string of the molecule is C[C@@H](O[Si](C)(C)C(C)(C)C)[C@H]1C(=O)N([Si](C)(C)C(C)(C)C)[C@@H]1CC=O. The molecule has 0 aromatic carbocycles. The van der Waals surface area contributed by atoms with Crippen molar-refractivity contribution in [2.24, 2.45) is 5.92 Å². The molecule has 0 aromatic heterocycles. The maximum atomic E-state index is 13.1. The molecule has 25 heavy (non-hydrogen) atoms. The molecule has 0 bridgehead atoms. The molecule has 146 valence electrons. The van der Waals surface area contributed by atoms with Gasteiger partial charge in [0.2, 0.25) is 5.91 Å². The van der Waals surface area contributed by atoms with Gasteiger partial charge >= 0.3 is 0 Å². The first-order valence-electron chi connectivity index (χ1n) is 9.43. The van der Waals surface area contributed by atoms with Crippen molar-refractivity contribution >= 4 is 28.7 Å². The molecule has 1 fully saturated rings. The van der Waals surface area contributed by atoms with E-state index in [9.17, 15) is 9.59 Å². The van der Waals surface area contributed by atoms with Crippen LogP contribution >= 0.6 is 0 Å². The largest absolute Gasteiger partial charge is 0.413 e. The third-order valence-corrected chi connectivity index (χ3v) is 16.8. The van der Waals surface area contributed by atoms with Crippen LogP contribution in [-0.2, 0) is 14.0 Å². The highest BCUT2D eigenvalue weighted by atomic mass is 28.4. The quantitative estimate of drug-likeness (QED) is 0.374. The van der Waals surface area contributed by atoms with E-state index in [0.717, 1.165) is 6.29 Å². The summed E-state index contributed by atoms with van der Waals surface area (Å²) in [5, 5.41) is 0.172. The fraction of sp³-hybridized carbons (Fsp3) is 0.895. The monoisotopic (exact) mass is 385 g/mol. The Kier molecular flexibility index (Phi) is 6.26. The van der Waals surface area contributed by atoms with Crippen LogP contribution in [0.3, 0.4) is 0 Å². The molecular weight excluding hydrogens is 346 g/mol. The number of rotatable bonds is 6. The number of hydrogen-bond donors (Lipinski definition) is 0. The van der Waals surface area contributed by atoms with Crippen LogP contribution in [0.2, 0.25) is 36.3 Å². The second kappa shape index (κ2) is 6.93. The van der Waals surface area contributed by atoms with Crippen LogP contribution in [0, 0.1) is 5.92 Å². The van der Waals surface area contributed by atoms with Gasteiger partial charge in [-0.2, -0.15) is 0 Å². The van der Waals surface area contributed by atoms with Crippen LogP contribution in [0.4, 0.5) is 0 Å². The summed E-state index contributed by atoms with van der Waals surface area (Å²) in [6, 6.07) is -0.00865. The molecule has 0 aromatic rings. The van der Waals surface area contributed by atoms with Crippen molar-refractivity contribution in [2.45, 2.75) is 103 Å². The van der Waals surface area contributed by atoms with Gasteiger partial charge in [0.25, 0.3) is 0 Å². The van der Waals surface area contributed by atoms with Crippen molar-refractivity contribution in [1.82, 2.24) is 4.57 Å². The van der Waals surface area contributed by atoms with Gasteiger partial charge in [-0.3, -0.25) is 4.79 Å². The molecule has 1 rings (SSSR count). The van der Waals surface area contributed by atoms with E-state index in [1.807, 2.05) is 6.92 Å². The molecule has 0 radical (unpaired) electrons. The maximum absolute atomic E-state index is 13.1. The molecule has 1 amide bonds. The first-order valence-corrected chi connectivity index (χ1v) is 15.3. The lowest BCUT2D eigenvalue weighted by Crippen LogP contribution is -2.75. The van der Waals surface area contributed by atoms with Crippen LogP contribution in [0.15, 0.2) is 0 Å². The Balaban J connectivity index is 3.07. The van der Waals surface area contributed by atoms with Crippen molar-refractivity contribution in [3.8, 4) is 0 Å². The predicted molar refractivity (Wildman–Crippen MR) is 110 cm³/mol. The first kappa shape index (κ1) is 22.6. The summed E-state index contributed by atoms with van der Waals surface area (Å²) in [6.45, 7) is 24.1. The van der Waals surface area contributed by atoms with Gasteiger partial charge in [-0.05, 0) is 30.1 Å². The standard InChI is InChI=1S/C19H39NO3Si2/c1-14(23-25(10,11)19(5,6)7)16-15(12-13-21)20(17(16)22)24(8,9)18(2,3)4/h13-16H,12H2,1-11H3/t14-,15-,16-/m1/s1. The van der Waals surface area contributed by atoms with Crippen molar-refractivity contribution < 1.29 is 14.0 Å². The van der Waals surface area contributed by atoms with Crippen LogP contribution < -0.4 is 0 Å². The zero-order valence-electron chi connectivity index (χ0n) is 18.2. The van der Waals surface area contributed by atoms with E-state index >= 15 is 0 Å². The molecular formula is C19H39NO3Si2. The average Bonchev–Trinajstić information content (AvgIpc) is 2.34. The highest BCUT2D eigenvalue weighted by molar-refractivity contribution is 6.80. The molecule has 4 nitrogen and oxygen atoms in total. The van der Waals surface area contributed by atoms with E-state index in [1.54, 1.807) is 0 Å². The topological polar surface area (TPSA) is 46.6 Å². The zero-order valence-corrected chi connectivity index (χ0v) is 20.2. The third-order valence-electron chi connectivity index (χ3n) is 6.84. The number of carbonyl (C=O) groups excluding carboxylic acids is 2. The Morgan fingerprint density at radius 1 is 1.08 bits per heavy atom. The maximum Gasteiger partial charge on any atom is 0.222 e. The van der Waals surface area contributed by atoms with Gasteiger partial charge in [-0.25, -0.2) is 0 Å². The van der Waals surface area contributed by atoms with Gasteiger partial charge < -0.3 is 13.8 Å². The molecule has 1 saturated heterocycles. The zero-order chi connectivity index (χ0) is 20.0. The number of nitrogens with zero attached hydrogens (tertiary/aromatic N) is 1. The molecule has 0 spiro atoms. The van der Waals surface area contributed by atoms with Gasteiger partial charge in [0.05, 0.1) is 12.0 Å². The van der Waals surface area contributed by atoms with Crippen LogP contribution in [-0.4, -0.2) is 45.5 Å². The fourth-order valence-electron chi connectivity index (χ4n) is 3.20. The van der Waals surface area contributed by atoms with Crippen LogP contribution in [0.1, 0.15) is 54.9 Å². The van der Waals surface area contributed by atoms with E-state index in [-0.39, 0.29) is 34.0 Å². The number of β-lactam (4-membered cyclic amide) rings is 1. The number of hydrogen-bond acceptors (Lipinski definition) is 3. The molecule has 1 heterocycles. The molecule has 0 N–H and O–H groups in total. The molecule has 1 aliphatic rings. The normalized spacial score (nSPS) is 24.1. The minimum Gasteiger partial charge on any atom is -0.413 e. The summed E-state index contributed by atoms with van der Waals surface area (Å²) in [4.78, 5) is 24.4. The summed E-state index contributed by atoms with van der Waals surface area (Å²) >= 11 is 0. The van der Waals surface area contributed by atoms with Crippen LogP contribution in [0.25, 0.3) is 0 Å². The van der Waals surface area contributed by atoms with E-state index in [0.29, 0.717) is 6.42 Å². The second-order valence-corrected chi connectivity index (χ2v) is 20.5. The number of carbonyl (C=O) groups is 2. The Morgan fingerprint density at radius 2 is 1.56 bits per heavy atom. The van der Waals surface area contributed by atoms with Gasteiger partial charge in [0.1, 0.15) is 6.29 Å². The van der Waals surface area contributed by atoms with E-state index in [1.165, 1.54) is 0 Å². The summed E-state index contributed by atoms with van der Waals surface area (Å²) in [5.74, 6) is -0.00176. The highest BCUT2D eigenvalue weighted by Crippen LogP contribution is 2.47. The fourth-order valence-corrected chi connectivity index (χ4v) is 7.15.